The summed E-state index contributed by atoms with van der Waals surface area (Å²) in [4.78, 5) is 4.25. The molecule has 1 aromatic heterocycles. The predicted molar refractivity (Wildman–Crippen MR) is 61.2 cm³/mol. The molecule has 0 saturated carbocycles. The van der Waals surface area contributed by atoms with Crippen LogP contribution in [-0.4, -0.2) is 12.1 Å². The minimum absolute atomic E-state index is 0.646. The first-order chi connectivity index (χ1) is 7.33. The Morgan fingerprint density at radius 1 is 1.13 bits per heavy atom. The highest BCUT2D eigenvalue weighted by molar-refractivity contribution is 6.33. The van der Waals surface area contributed by atoms with Crippen molar-refractivity contribution in [3.8, 4) is 17.0 Å². The summed E-state index contributed by atoms with van der Waals surface area (Å²) in [6, 6.07) is 11.2. The second kappa shape index (κ2) is 4.32. The van der Waals surface area contributed by atoms with Gasteiger partial charge in [-0.3, -0.25) is 4.98 Å². The van der Waals surface area contributed by atoms with Crippen LogP contribution in [0, 0.1) is 0 Å². The molecular weight excluding hydrogens is 210 g/mol. The van der Waals surface area contributed by atoms with Crippen molar-refractivity contribution in [2.24, 2.45) is 0 Å². The summed E-state index contributed by atoms with van der Waals surface area (Å²) in [5.74, 6) is 0.737. The average molecular weight is 220 g/mol. The van der Waals surface area contributed by atoms with Gasteiger partial charge in [-0.2, -0.15) is 0 Å². The van der Waals surface area contributed by atoms with E-state index in [2.05, 4.69) is 4.98 Å². The van der Waals surface area contributed by atoms with Gasteiger partial charge in [0.25, 0.3) is 0 Å². The Balaban J connectivity index is 2.61. The Bertz CT molecular complexity index is 456. The summed E-state index contributed by atoms with van der Waals surface area (Å²) in [6.45, 7) is 0. The quantitative estimate of drug-likeness (QED) is 0.772. The lowest BCUT2D eigenvalue weighted by Gasteiger charge is -2.09. The summed E-state index contributed by atoms with van der Waals surface area (Å²) >= 11 is 6.12. The first kappa shape index (κ1) is 9.99. The molecule has 15 heavy (non-hydrogen) atoms. The third-order valence-electron chi connectivity index (χ3n) is 2.12. The molecule has 0 N–H and O–H groups in total. The van der Waals surface area contributed by atoms with Gasteiger partial charge in [0.1, 0.15) is 5.75 Å². The normalized spacial score (nSPS) is 10.0. The van der Waals surface area contributed by atoms with E-state index in [0.29, 0.717) is 5.02 Å². The van der Waals surface area contributed by atoms with E-state index in [-0.39, 0.29) is 0 Å². The van der Waals surface area contributed by atoms with Crippen LogP contribution in [-0.2, 0) is 0 Å². The third kappa shape index (κ3) is 1.95. The van der Waals surface area contributed by atoms with Crippen molar-refractivity contribution in [2.75, 3.05) is 7.11 Å². The molecule has 2 nitrogen and oxygen atoms in total. The first-order valence-electron chi connectivity index (χ1n) is 4.57. The summed E-state index contributed by atoms with van der Waals surface area (Å²) < 4.78 is 5.26. The number of pyridine rings is 1. The number of aromatic nitrogens is 1. The highest BCUT2D eigenvalue weighted by atomic mass is 35.5. The van der Waals surface area contributed by atoms with Crippen molar-refractivity contribution in [2.45, 2.75) is 0 Å². The molecule has 0 amide bonds. The number of methoxy groups -OCH3 is 1. The first-order valence-corrected chi connectivity index (χ1v) is 4.94. The molecule has 0 fully saturated rings. The molecule has 0 radical (unpaired) electrons. The lowest BCUT2D eigenvalue weighted by Crippen LogP contribution is -1.90. The fourth-order valence-corrected chi connectivity index (χ4v) is 1.70. The molecule has 0 aliphatic rings. The maximum absolute atomic E-state index is 6.12. The molecule has 76 valence electrons. The van der Waals surface area contributed by atoms with E-state index in [1.165, 1.54) is 0 Å². The molecule has 1 aromatic carbocycles. The Morgan fingerprint density at radius 2 is 2.00 bits per heavy atom. The van der Waals surface area contributed by atoms with E-state index in [1.54, 1.807) is 13.3 Å². The maximum Gasteiger partial charge on any atom is 0.129 e. The van der Waals surface area contributed by atoms with Gasteiger partial charge in [-0.25, -0.2) is 0 Å². The molecule has 0 saturated heterocycles. The Labute approximate surface area is 93.5 Å². The molecule has 0 unspecified atom stereocenters. The van der Waals surface area contributed by atoms with Gasteiger partial charge in [0.2, 0.25) is 0 Å². The van der Waals surface area contributed by atoms with Gasteiger partial charge in [-0.15, -0.1) is 0 Å². The van der Waals surface area contributed by atoms with Crippen molar-refractivity contribution < 1.29 is 4.74 Å². The van der Waals surface area contributed by atoms with Crippen molar-refractivity contribution >= 4 is 11.6 Å². The number of hydrogen-bond donors (Lipinski definition) is 0. The summed E-state index contributed by atoms with van der Waals surface area (Å²) in [5, 5.41) is 0.646. The van der Waals surface area contributed by atoms with Crippen molar-refractivity contribution in [1.82, 2.24) is 4.98 Å². The Hall–Kier alpha value is -1.54. The average Bonchev–Trinajstić information content (AvgIpc) is 2.29. The molecule has 0 bridgehead atoms. The van der Waals surface area contributed by atoms with E-state index < -0.39 is 0 Å². The van der Waals surface area contributed by atoms with Crippen LogP contribution in [0.5, 0.6) is 5.75 Å². The van der Waals surface area contributed by atoms with E-state index >= 15 is 0 Å². The van der Waals surface area contributed by atoms with Gasteiger partial charge in [-0.1, -0.05) is 23.7 Å². The van der Waals surface area contributed by atoms with Gasteiger partial charge < -0.3 is 4.74 Å². The highest BCUT2D eigenvalue weighted by Gasteiger charge is 2.10. The molecular formula is C12H10ClNO. The van der Waals surface area contributed by atoms with Crippen LogP contribution >= 0.6 is 11.6 Å². The number of benzene rings is 1. The van der Waals surface area contributed by atoms with Gasteiger partial charge in [0, 0.05) is 6.20 Å². The molecule has 2 rings (SSSR count). The van der Waals surface area contributed by atoms with E-state index in [9.17, 15) is 0 Å². The molecule has 0 aliphatic carbocycles. The molecule has 0 atom stereocenters. The van der Waals surface area contributed by atoms with Gasteiger partial charge in [0.05, 0.1) is 23.4 Å². The minimum atomic E-state index is 0.646. The number of ether oxygens (including phenoxy) is 1. The summed E-state index contributed by atoms with van der Waals surface area (Å²) in [7, 11) is 1.62. The van der Waals surface area contributed by atoms with Crippen LogP contribution in [0.1, 0.15) is 0 Å². The largest absolute Gasteiger partial charge is 0.496 e. The monoisotopic (exact) mass is 219 g/mol. The zero-order valence-corrected chi connectivity index (χ0v) is 9.03. The lowest BCUT2D eigenvalue weighted by molar-refractivity contribution is 0.416. The fraction of sp³-hybridized carbons (Fsp3) is 0.0833. The van der Waals surface area contributed by atoms with Crippen molar-refractivity contribution in [3.05, 3.63) is 47.6 Å². The van der Waals surface area contributed by atoms with Gasteiger partial charge in [0.15, 0.2) is 0 Å². The van der Waals surface area contributed by atoms with Crippen LogP contribution < -0.4 is 4.74 Å². The van der Waals surface area contributed by atoms with Gasteiger partial charge >= 0.3 is 0 Å². The zero-order valence-electron chi connectivity index (χ0n) is 8.27. The smallest absolute Gasteiger partial charge is 0.129 e. The number of nitrogens with zero attached hydrogens (tertiary/aromatic N) is 1. The topological polar surface area (TPSA) is 22.1 Å². The standard InChI is InChI=1S/C12H10ClNO/c1-15-11-7-4-5-9(13)12(11)10-6-2-3-8-14-10/h2-8H,1H3. The SMILES string of the molecule is COc1cccc(Cl)c1-c1ccccn1. The van der Waals surface area contributed by atoms with Crippen LogP contribution in [0.4, 0.5) is 0 Å². The van der Waals surface area contributed by atoms with Crippen LogP contribution in [0.25, 0.3) is 11.3 Å². The second-order valence-electron chi connectivity index (χ2n) is 3.03. The predicted octanol–water partition coefficient (Wildman–Crippen LogP) is 3.41. The molecule has 1 heterocycles. The second-order valence-corrected chi connectivity index (χ2v) is 3.44. The maximum atomic E-state index is 6.12. The molecule has 0 aliphatic heterocycles. The van der Waals surface area contributed by atoms with Crippen LogP contribution in [0.2, 0.25) is 5.02 Å². The lowest BCUT2D eigenvalue weighted by atomic mass is 10.1. The third-order valence-corrected chi connectivity index (χ3v) is 2.43. The molecule has 3 heteroatoms. The van der Waals surface area contributed by atoms with Crippen LogP contribution in [0.3, 0.4) is 0 Å². The van der Waals surface area contributed by atoms with Gasteiger partial charge in [-0.05, 0) is 24.3 Å². The van der Waals surface area contributed by atoms with Crippen LogP contribution in [0.15, 0.2) is 42.6 Å². The zero-order chi connectivity index (χ0) is 10.7. The van der Waals surface area contributed by atoms with Crippen molar-refractivity contribution in [3.63, 3.8) is 0 Å². The Kier molecular flexibility index (Phi) is 2.88. The summed E-state index contributed by atoms with van der Waals surface area (Å²) in [6.07, 6.45) is 1.73. The van der Waals surface area contributed by atoms with E-state index in [0.717, 1.165) is 17.0 Å². The number of halogens is 1. The number of hydrogen-bond acceptors (Lipinski definition) is 2. The Morgan fingerprint density at radius 3 is 2.67 bits per heavy atom. The van der Waals surface area contributed by atoms with Crippen molar-refractivity contribution in [1.29, 1.82) is 0 Å². The summed E-state index contributed by atoms with van der Waals surface area (Å²) in [5.41, 5.74) is 1.65. The highest BCUT2D eigenvalue weighted by Crippen LogP contribution is 2.34. The van der Waals surface area contributed by atoms with E-state index in [1.807, 2.05) is 36.4 Å². The fourth-order valence-electron chi connectivity index (χ4n) is 1.43. The minimum Gasteiger partial charge on any atom is -0.496 e. The molecule has 0 spiro atoms. The van der Waals surface area contributed by atoms with E-state index in [4.69, 9.17) is 16.3 Å². The number of rotatable bonds is 2. The molecule has 2 aromatic rings.